The van der Waals surface area contributed by atoms with Gasteiger partial charge in [-0.1, -0.05) is 133 Å². The van der Waals surface area contributed by atoms with E-state index in [0.717, 1.165) is 50.3 Å². The Morgan fingerprint density at radius 3 is 1.67 bits per heavy atom. The van der Waals surface area contributed by atoms with E-state index in [2.05, 4.69) is 152 Å². The molecule has 0 fully saturated rings. The standard InChI is InChI=1S/C45H27N3S/c1-3-11-28(12-4-1)29-19-21-31(22-20-29)42-35-16-8-10-18-39(35)47-45(48-42)32-23-26-40-37(27-32)33-24-25-36-41(44(33)49-40)34-15-7-9-17-38(34)46-43(36)30-13-5-2-6-14-30/h1-27H. The molecule has 49 heavy (non-hydrogen) atoms. The van der Waals surface area contributed by atoms with E-state index in [9.17, 15) is 0 Å². The van der Waals surface area contributed by atoms with Crippen LogP contribution in [-0.2, 0) is 0 Å². The number of rotatable bonds is 4. The second-order valence-electron chi connectivity index (χ2n) is 12.4. The summed E-state index contributed by atoms with van der Waals surface area (Å²) in [5, 5.41) is 7.10. The molecule has 4 heteroatoms. The summed E-state index contributed by atoms with van der Waals surface area (Å²) in [7, 11) is 0. The van der Waals surface area contributed by atoms with Gasteiger partial charge in [0.15, 0.2) is 5.82 Å². The van der Waals surface area contributed by atoms with Crippen LogP contribution in [0.15, 0.2) is 164 Å². The molecule has 228 valence electrons. The molecule has 0 N–H and O–H groups in total. The van der Waals surface area contributed by atoms with Crippen LogP contribution in [-0.4, -0.2) is 15.0 Å². The minimum Gasteiger partial charge on any atom is -0.247 e. The molecule has 0 spiro atoms. The van der Waals surface area contributed by atoms with Crippen molar-refractivity contribution in [1.29, 1.82) is 0 Å². The number of pyridine rings is 1. The largest absolute Gasteiger partial charge is 0.247 e. The van der Waals surface area contributed by atoms with E-state index >= 15 is 0 Å². The Balaban J connectivity index is 1.16. The van der Waals surface area contributed by atoms with E-state index < -0.39 is 0 Å². The summed E-state index contributed by atoms with van der Waals surface area (Å²) in [6.07, 6.45) is 0. The number of aromatic nitrogens is 3. The zero-order valence-electron chi connectivity index (χ0n) is 26.3. The van der Waals surface area contributed by atoms with Crippen LogP contribution in [0, 0.1) is 0 Å². The fourth-order valence-corrected chi connectivity index (χ4v) is 8.34. The van der Waals surface area contributed by atoms with E-state index in [1.165, 1.54) is 47.5 Å². The van der Waals surface area contributed by atoms with E-state index in [-0.39, 0.29) is 0 Å². The number of fused-ring (bicyclic) bond motifs is 8. The first-order valence-electron chi connectivity index (χ1n) is 16.4. The molecular weight excluding hydrogens is 615 g/mol. The minimum absolute atomic E-state index is 0.726. The lowest BCUT2D eigenvalue weighted by Gasteiger charge is -2.11. The summed E-state index contributed by atoms with van der Waals surface area (Å²) in [4.78, 5) is 15.5. The average Bonchev–Trinajstić information content (AvgIpc) is 3.56. The van der Waals surface area contributed by atoms with Crippen LogP contribution in [0.1, 0.15) is 0 Å². The van der Waals surface area contributed by atoms with Gasteiger partial charge in [0.25, 0.3) is 0 Å². The molecule has 0 aliphatic carbocycles. The van der Waals surface area contributed by atoms with Crippen molar-refractivity contribution in [2.75, 3.05) is 0 Å². The molecule has 0 bridgehead atoms. The summed E-state index contributed by atoms with van der Waals surface area (Å²) in [6.45, 7) is 0. The fourth-order valence-electron chi connectivity index (χ4n) is 7.10. The van der Waals surface area contributed by atoms with E-state index in [4.69, 9.17) is 15.0 Å². The first-order valence-corrected chi connectivity index (χ1v) is 17.3. The van der Waals surface area contributed by atoms with Crippen LogP contribution in [0.25, 0.3) is 97.8 Å². The van der Waals surface area contributed by atoms with E-state index in [0.29, 0.717) is 0 Å². The number of para-hydroxylation sites is 2. The van der Waals surface area contributed by atoms with Gasteiger partial charge in [-0.15, -0.1) is 11.3 Å². The van der Waals surface area contributed by atoms with Gasteiger partial charge >= 0.3 is 0 Å². The molecular formula is C45H27N3S. The summed E-state index contributed by atoms with van der Waals surface area (Å²) in [5.41, 5.74) is 9.48. The van der Waals surface area contributed by atoms with Crippen molar-refractivity contribution in [2.45, 2.75) is 0 Å². The van der Waals surface area contributed by atoms with Crippen molar-refractivity contribution in [3.63, 3.8) is 0 Å². The normalized spacial score (nSPS) is 11.7. The van der Waals surface area contributed by atoms with Gasteiger partial charge in [-0.25, -0.2) is 15.0 Å². The third-order valence-electron chi connectivity index (χ3n) is 9.47. The minimum atomic E-state index is 0.726. The fraction of sp³-hybridized carbons (Fsp3) is 0. The summed E-state index contributed by atoms with van der Waals surface area (Å²) >= 11 is 1.85. The van der Waals surface area contributed by atoms with Gasteiger partial charge in [0.1, 0.15) is 0 Å². The molecule has 0 radical (unpaired) electrons. The number of hydrogen-bond donors (Lipinski definition) is 0. The summed E-state index contributed by atoms with van der Waals surface area (Å²) < 4.78 is 2.52. The van der Waals surface area contributed by atoms with Crippen LogP contribution in [0.5, 0.6) is 0 Å². The van der Waals surface area contributed by atoms with Gasteiger partial charge in [-0.05, 0) is 41.5 Å². The lowest BCUT2D eigenvalue weighted by atomic mass is 9.98. The Morgan fingerprint density at radius 1 is 0.347 bits per heavy atom. The van der Waals surface area contributed by atoms with Crippen LogP contribution >= 0.6 is 11.3 Å². The molecule has 7 aromatic carbocycles. The Morgan fingerprint density at radius 2 is 0.898 bits per heavy atom. The third-order valence-corrected chi connectivity index (χ3v) is 10.7. The molecule has 0 saturated carbocycles. The molecule has 0 saturated heterocycles. The molecule has 10 aromatic rings. The molecule has 0 atom stereocenters. The Bertz CT molecular complexity index is 2860. The number of thiophene rings is 1. The third kappa shape index (κ3) is 4.61. The van der Waals surface area contributed by atoms with Gasteiger partial charge < -0.3 is 0 Å². The molecule has 0 aliphatic heterocycles. The molecule has 10 rings (SSSR count). The molecule has 0 aliphatic rings. The zero-order valence-corrected chi connectivity index (χ0v) is 27.2. The molecule has 0 unspecified atom stereocenters. The van der Waals surface area contributed by atoms with Crippen LogP contribution in [0.4, 0.5) is 0 Å². The zero-order chi connectivity index (χ0) is 32.3. The molecule has 3 aromatic heterocycles. The lowest BCUT2D eigenvalue weighted by molar-refractivity contribution is 1.23. The average molecular weight is 642 g/mol. The molecule has 3 heterocycles. The van der Waals surface area contributed by atoms with Crippen LogP contribution < -0.4 is 0 Å². The second kappa shape index (κ2) is 11.2. The summed E-state index contributed by atoms with van der Waals surface area (Å²) in [5.74, 6) is 0.726. The highest BCUT2D eigenvalue weighted by Crippen LogP contribution is 2.44. The number of hydrogen-bond acceptors (Lipinski definition) is 4. The predicted molar refractivity (Wildman–Crippen MR) is 207 cm³/mol. The van der Waals surface area contributed by atoms with Crippen molar-refractivity contribution in [3.8, 4) is 45.0 Å². The quantitative estimate of drug-likeness (QED) is 0.180. The number of benzene rings is 7. The Hall–Kier alpha value is -6.23. The SMILES string of the molecule is c1ccc(-c2ccc(-c3nc(-c4ccc5sc6c(ccc7c(-c8ccccc8)nc8ccccc8c76)c5c4)nc4ccccc34)cc2)cc1. The lowest BCUT2D eigenvalue weighted by Crippen LogP contribution is -1.95. The highest BCUT2D eigenvalue weighted by atomic mass is 32.1. The maximum absolute atomic E-state index is 5.24. The maximum Gasteiger partial charge on any atom is 0.160 e. The monoisotopic (exact) mass is 641 g/mol. The molecule has 0 amide bonds. The second-order valence-corrected chi connectivity index (χ2v) is 13.4. The summed E-state index contributed by atoms with van der Waals surface area (Å²) in [6, 6.07) is 57.7. The highest BCUT2D eigenvalue weighted by molar-refractivity contribution is 7.26. The molecule has 3 nitrogen and oxygen atoms in total. The van der Waals surface area contributed by atoms with Gasteiger partial charge in [0.05, 0.1) is 22.4 Å². The van der Waals surface area contributed by atoms with Crippen molar-refractivity contribution in [1.82, 2.24) is 15.0 Å². The van der Waals surface area contributed by atoms with Crippen molar-refractivity contribution >= 4 is 64.1 Å². The van der Waals surface area contributed by atoms with Gasteiger partial charge in [0.2, 0.25) is 0 Å². The van der Waals surface area contributed by atoms with Crippen molar-refractivity contribution in [3.05, 3.63) is 164 Å². The maximum atomic E-state index is 5.24. The predicted octanol–water partition coefficient (Wildman–Crippen LogP) is 12.4. The Labute approximate surface area is 286 Å². The van der Waals surface area contributed by atoms with Crippen molar-refractivity contribution in [2.24, 2.45) is 0 Å². The van der Waals surface area contributed by atoms with E-state index in [1.807, 2.05) is 23.5 Å². The smallest absolute Gasteiger partial charge is 0.160 e. The van der Waals surface area contributed by atoms with Gasteiger partial charge in [-0.2, -0.15) is 0 Å². The van der Waals surface area contributed by atoms with Gasteiger partial charge in [0, 0.05) is 58.4 Å². The topological polar surface area (TPSA) is 38.7 Å². The first-order chi connectivity index (χ1) is 24.3. The highest BCUT2D eigenvalue weighted by Gasteiger charge is 2.18. The number of nitrogens with zero attached hydrogens (tertiary/aromatic N) is 3. The van der Waals surface area contributed by atoms with Crippen LogP contribution in [0.2, 0.25) is 0 Å². The van der Waals surface area contributed by atoms with Gasteiger partial charge in [-0.3, -0.25) is 0 Å². The Kier molecular flexibility index (Phi) is 6.36. The van der Waals surface area contributed by atoms with Crippen LogP contribution in [0.3, 0.4) is 0 Å². The van der Waals surface area contributed by atoms with Crippen molar-refractivity contribution < 1.29 is 0 Å². The first kappa shape index (κ1) is 27.8. The van der Waals surface area contributed by atoms with E-state index in [1.54, 1.807) is 0 Å².